The topological polar surface area (TPSA) is 76.7 Å². The van der Waals surface area contributed by atoms with E-state index in [-0.39, 0.29) is 0 Å². The first kappa shape index (κ1) is 12.4. The molecule has 0 unspecified atom stereocenters. The van der Waals surface area contributed by atoms with E-state index in [4.69, 9.17) is 12.2 Å². The number of aromatic nitrogens is 6. The molecule has 0 fully saturated rings. The van der Waals surface area contributed by atoms with Crippen LogP contribution in [-0.4, -0.2) is 35.9 Å². The fourth-order valence-corrected chi connectivity index (χ4v) is 1.87. The number of rotatable bonds is 4. The molecular weight excluding hydrogens is 274 g/mol. The normalized spacial score (nSPS) is 11.2. The van der Waals surface area contributed by atoms with Gasteiger partial charge in [0.15, 0.2) is 5.82 Å². The fourth-order valence-electron chi connectivity index (χ4n) is 1.67. The first-order valence-corrected chi connectivity index (χ1v) is 6.32. The monoisotopic (exact) mass is 285 g/mol. The van der Waals surface area contributed by atoms with Gasteiger partial charge in [-0.15, -0.1) is 0 Å². The van der Waals surface area contributed by atoms with Crippen molar-refractivity contribution < 1.29 is 0 Å². The minimum Gasteiger partial charge on any atom is -0.250 e. The highest BCUT2D eigenvalue weighted by molar-refractivity contribution is 7.71. The molecule has 0 aliphatic heterocycles. The predicted octanol–water partition coefficient (Wildman–Crippen LogP) is 1.46. The Labute approximate surface area is 119 Å². The Morgan fingerprint density at radius 2 is 2.15 bits per heavy atom. The molecule has 8 heteroatoms. The van der Waals surface area contributed by atoms with E-state index in [1.54, 1.807) is 21.9 Å². The number of nitrogens with one attached hydrogen (secondary N) is 1. The molecule has 0 saturated carbocycles. The zero-order chi connectivity index (χ0) is 13.8. The zero-order valence-electron chi connectivity index (χ0n) is 10.4. The zero-order valence-corrected chi connectivity index (χ0v) is 11.2. The van der Waals surface area contributed by atoms with Crippen molar-refractivity contribution in [3.05, 3.63) is 59.1 Å². The molecule has 20 heavy (non-hydrogen) atoms. The molecule has 0 amide bonds. The number of H-pyrrole nitrogens is 1. The van der Waals surface area contributed by atoms with Crippen LogP contribution in [0.2, 0.25) is 0 Å². The summed E-state index contributed by atoms with van der Waals surface area (Å²) in [5.41, 5.74) is 0.988. The highest BCUT2D eigenvalue weighted by atomic mass is 32.1. The van der Waals surface area contributed by atoms with Gasteiger partial charge < -0.3 is 0 Å². The van der Waals surface area contributed by atoms with Crippen LogP contribution in [0.15, 0.2) is 48.1 Å². The van der Waals surface area contributed by atoms with E-state index in [9.17, 15) is 0 Å². The van der Waals surface area contributed by atoms with Crippen LogP contribution in [0.4, 0.5) is 0 Å². The summed E-state index contributed by atoms with van der Waals surface area (Å²) in [7, 11) is 0. The van der Waals surface area contributed by atoms with Crippen LogP contribution in [0.25, 0.3) is 0 Å². The largest absolute Gasteiger partial charge is 0.250 e. The lowest BCUT2D eigenvalue weighted by molar-refractivity contribution is 0.623. The third-order valence-electron chi connectivity index (χ3n) is 2.61. The summed E-state index contributed by atoms with van der Waals surface area (Å²) < 4.78 is 3.66. The summed E-state index contributed by atoms with van der Waals surface area (Å²) in [5, 5.41) is 15.3. The molecule has 0 radical (unpaired) electrons. The minimum atomic E-state index is 0.437. The Morgan fingerprint density at radius 3 is 2.90 bits per heavy atom. The van der Waals surface area contributed by atoms with Gasteiger partial charge in [0.25, 0.3) is 0 Å². The van der Waals surface area contributed by atoms with Crippen molar-refractivity contribution in [3.63, 3.8) is 0 Å². The first-order valence-electron chi connectivity index (χ1n) is 5.91. The molecule has 0 aliphatic rings. The molecule has 2 aromatic heterocycles. The molecule has 0 aliphatic carbocycles. The first-order chi connectivity index (χ1) is 9.83. The third kappa shape index (κ3) is 2.69. The summed E-state index contributed by atoms with van der Waals surface area (Å²) in [6.07, 6.45) is 4.82. The van der Waals surface area contributed by atoms with Crippen molar-refractivity contribution in [2.24, 2.45) is 5.10 Å². The molecule has 0 spiro atoms. The van der Waals surface area contributed by atoms with Crippen LogP contribution in [0.5, 0.6) is 0 Å². The molecule has 7 nitrogen and oxygen atoms in total. The van der Waals surface area contributed by atoms with Crippen molar-refractivity contribution in [1.82, 2.24) is 29.6 Å². The average Bonchev–Trinajstić information content (AvgIpc) is 3.09. The van der Waals surface area contributed by atoms with Crippen molar-refractivity contribution in [2.75, 3.05) is 0 Å². The molecule has 0 saturated heterocycles. The molecule has 0 atom stereocenters. The van der Waals surface area contributed by atoms with Crippen molar-refractivity contribution in [1.29, 1.82) is 0 Å². The molecule has 3 aromatic rings. The smallest absolute Gasteiger partial charge is 0.216 e. The average molecular weight is 285 g/mol. The summed E-state index contributed by atoms with van der Waals surface area (Å²) >= 11 is 5.17. The maximum Gasteiger partial charge on any atom is 0.216 e. The number of nitrogens with zero attached hydrogens (tertiary/aromatic N) is 6. The molecule has 3 rings (SSSR count). The second-order valence-corrected chi connectivity index (χ2v) is 4.39. The maximum atomic E-state index is 5.17. The molecular formula is C12H11N7S. The van der Waals surface area contributed by atoms with Gasteiger partial charge in [-0.25, -0.2) is 9.67 Å². The Kier molecular flexibility index (Phi) is 3.46. The lowest BCUT2D eigenvalue weighted by Crippen LogP contribution is -2.06. The SMILES string of the molecule is S=c1[nH]nc(Cn2cncn2)n1N=Cc1ccccc1. The van der Waals surface area contributed by atoms with Gasteiger partial charge in [-0.1, -0.05) is 30.3 Å². The fraction of sp³-hybridized carbons (Fsp3) is 0.0833. The maximum absolute atomic E-state index is 5.17. The van der Waals surface area contributed by atoms with Gasteiger partial charge in [0.2, 0.25) is 4.77 Å². The predicted molar refractivity (Wildman–Crippen MR) is 76.0 cm³/mol. The molecule has 1 N–H and O–H groups in total. The van der Waals surface area contributed by atoms with E-state index >= 15 is 0 Å². The van der Waals surface area contributed by atoms with E-state index in [0.29, 0.717) is 17.1 Å². The van der Waals surface area contributed by atoms with Gasteiger partial charge >= 0.3 is 0 Å². The Morgan fingerprint density at radius 1 is 1.30 bits per heavy atom. The van der Waals surface area contributed by atoms with Gasteiger partial charge in [-0.05, 0) is 17.8 Å². The third-order valence-corrected chi connectivity index (χ3v) is 2.87. The van der Waals surface area contributed by atoms with E-state index < -0.39 is 0 Å². The van der Waals surface area contributed by atoms with Crippen LogP contribution in [0, 0.1) is 4.77 Å². The van der Waals surface area contributed by atoms with Gasteiger partial charge in [0.05, 0.1) is 6.21 Å². The second-order valence-electron chi connectivity index (χ2n) is 4.01. The van der Waals surface area contributed by atoms with Crippen LogP contribution in [0.1, 0.15) is 11.4 Å². The van der Waals surface area contributed by atoms with Gasteiger partial charge in [-0.3, -0.25) is 5.10 Å². The number of hydrogen-bond donors (Lipinski definition) is 1. The van der Waals surface area contributed by atoms with Gasteiger partial charge in [0.1, 0.15) is 19.2 Å². The Bertz CT molecular complexity index is 755. The number of aromatic amines is 1. The van der Waals surface area contributed by atoms with E-state index in [2.05, 4.69) is 25.4 Å². The van der Waals surface area contributed by atoms with E-state index in [0.717, 1.165) is 5.56 Å². The Balaban J connectivity index is 1.88. The summed E-state index contributed by atoms with van der Waals surface area (Å²) in [6.45, 7) is 0.444. The second kappa shape index (κ2) is 5.57. The summed E-state index contributed by atoms with van der Waals surface area (Å²) in [4.78, 5) is 3.89. The van der Waals surface area contributed by atoms with E-state index in [1.807, 2.05) is 30.3 Å². The highest BCUT2D eigenvalue weighted by Crippen LogP contribution is 2.01. The van der Waals surface area contributed by atoms with Crippen LogP contribution in [0.3, 0.4) is 0 Å². The standard InChI is InChI=1S/C12H11N7S/c20-12-17-16-11(7-18-9-13-8-15-18)19(12)14-6-10-4-2-1-3-5-10/h1-6,8-9H,7H2,(H,17,20). The quantitative estimate of drug-likeness (QED) is 0.581. The van der Waals surface area contributed by atoms with Crippen molar-refractivity contribution >= 4 is 18.4 Å². The lowest BCUT2D eigenvalue weighted by atomic mass is 10.2. The molecule has 100 valence electrons. The molecule has 1 aromatic carbocycles. The van der Waals surface area contributed by atoms with Gasteiger partial charge in [0, 0.05) is 0 Å². The number of benzene rings is 1. The van der Waals surface area contributed by atoms with E-state index in [1.165, 1.54) is 6.33 Å². The lowest BCUT2D eigenvalue weighted by Gasteiger charge is -2.00. The van der Waals surface area contributed by atoms with Crippen molar-refractivity contribution in [3.8, 4) is 0 Å². The summed E-state index contributed by atoms with van der Waals surface area (Å²) in [5.74, 6) is 0.660. The van der Waals surface area contributed by atoms with Gasteiger partial charge in [-0.2, -0.15) is 20.0 Å². The summed E-state index contributed by atoms with van der Waals surface area (Å²) in [6, 6.07) is 9.78. The molecule has 2 heterocycles. The highest BCUT2D eigenvalue weighted by Gasteiger charge is 2.06. The van der Waals surface area contributed by atoms with Crippen LogP contribution < -0.4 is 0 Å². The minimum absolute atomic E-state index is 0.437. The Hall–Kier alpha value is -2.61. The van der Waals surface area contributed by atoms with Crippen LogP contribution in [-0.2, 0) is 6.54 Å². The number of hydrogen-bond acceptors (Lipinski definition) is 5. The molecule has 0 bridgehead atoms. The van der Waals surface area contributed by atoms with Crippen LogP contribution >= 0.6 is 12.2 Å². The van der Waals surface area contributed by atoms with Crippen molar-refractivity contribution in [2.45, 2.75) is 6.54 Å².